The zero-order valence-electron chi connectivity index (χ0n) is 8.51. The van der Waals surface area contributed by atoms with Crippen molar-refractivity contribution in [2.45, 2.75) is 0 Å². The summed E-state index contributed by atoms with van der Waals surface area (Å²) in [6.07, 6.45) is 3.40. The van der Waals surface area contributed by atoms with Crippen molar-refractivity contribution in [3.63, 3.8) is 0 Å². The molecule has 0 unspecified atom stereocenters. The van der Waals surface area contributed by atoms with Gasteiger partial charge in [0.15, 0.2) is 5.82 Å². The highest BCUT2D eigenvalue weighted by Crippen LogP contribution is 2.23. The molecule has 84 valence electrons. The molecule has 0 spiro atoms. The lowest BCUT2D eigenvalue weighted by molar-refractivity contribution is 0.859. The number of nitrogens with zero attached hydrogens (tertiary/aromatic N) is 4. The van der Waals surface area contributed by atoms with Gasteiger partial charge < -0.3 is 0 Å². The maximum atomic E-state index is 5.80. The van der Waals surface area contributed by atoms with Crippen LogP contribution in [0.5, 0.6) is 0 Å². The third-order valence-corrected chi connectivity index (χ3v) is 3.12. The van der Waals surface area contributed by atoms with Crippen LogP contribution >= 0.6 is 27.5 Å². The summed E-state index contributed by atoms with van der Waals surface area (Å²) >= 11 is 9.19. The summed E-state index contributed by atoms with van der Waals surface area (Å²) in [5.74, 6) is 0.631. The van der Waals surface area contributed by atoms with E-state index in [4.69, 9.17) is 11.6 Å². The Labute approximate surface area is 110 Å². The Morgan fingerprint density at radius 3 is 2.88 bits per heavy atom. The smallest absolute Gasteiger partial charge is 0.224 e. The van der Waals surface area contributed by atoms with E-state index in [0.29, 0.717) is 5.82 Å². The Hall–Kier alpha value is -1.46. The predicted octanol–water partition coefficient (Wildman–Crippen LogP) is 3.23. The van der Waals surface area contributed by atoms with Gasteiger partial charge in [-0.15, -0.1) is 0 Å². The van der Waals surface area contributed by atoms with Crippen molar-refractivity contribution >= 4 is 38.4 Å². The van der Waals surface area contributed by atoms with E-state index in [1.807, 2.05) is 24.3 Å². The standard InChI is InChI=1S/C11H6BrClN4/c12-8-6-14-11(13)16-10(8)17-9-4-2-1-3-7(9)5-15-17/h1-6H. The summed E-state index contributed by atoms with van der Waals surface area (Å²) in [4.78, 5) is 8.07. The third-order valence-electron chi connectivity index (χ3n) is 2.37. The average Bonchev–Trinajstić information content (AvgIpc) is 2.76. The molecule has 2 aromatic heterocycles. The Kier molecular flexibility index (Phi) is 2.57. The van der Waals surface area contributed by atoms with Gasteiger partial charge >= 0.3 is 0 Å². The number of fused-ring (bicyclic) bond motifs is 1. The van der Waals surface area contributed by atoms with E-state index in [-0.39, 0.29) is 5.28 Å². The predicted molar refractivity (Wildman–Crippen MR) is 69.4 cm³/mol. The Bertz CT molecular complexity index is 695. The highest BCUT2D eigenvalue weighted by atomic mass is 79.9. The van der Waals surface area contributed by atoms with Crippen LogP contribution < -0.4 is 0 Å². The minimum atomic E-state index is 0.197. The molecule has 3 aromatic rings. The first kappa shape index (κ1) is 10.7. The quantitative estimate of drug-likeness (QED) is 0.648. The molecule has 1 aromatic carbocycles. The fraction of sp³-hybridized carbons (Fsp3) is 0. The van der Waals surface area contributed by atoms with Crippen molar-refractivity contribution in [1.82, 2.24) is 19.7 Å². The molecule has 0 aliphatic carbocycles. The molecule has 4 nitrogen and oxygen atoms in total. The van der Waals surface area contributed by atoms with E-state index in [2.05, 4.69) is 31.0 Å². The second-order valence-corrected chi connectivity index (χ2v) is 4.62. The summed E-state index contributed by atoms with van der Waals surface area (Å²) in [5.41, 5.74) is 0.975. The lowest BCUT2D eigenvalue weighted by Gasteiger charge is -2.04. The molecule has 0 aliphatic heterocycles. The molecule has 0 atom stereocenters. The third kappa shape index (κ3) is 1.81. The summed E-state index contributed by atoms with van der Waals surface area (Å²) < 4.78 is 2.48. The summed E-state index contributed by atoms with van der Waals surface area (Å²) in [7, 11) is 0. The van der Waals surface area contributed by atoms with Crippen LogP contribution in [0.2, 0.25) is 5.28 Å². The van der Waals surface area contributed by atoms with Crippen LogP contribution in [0.1, 0.15) is 0 Å². The number of benzene rings is 1. The molecule has 0 saturated heterocycles. The van der Waals surface area contributed by atoms with E-state index in [0.717, 1.165) is 15.4 Å². The molecule has 0 bridgehead atoms. The van der Waals surface area contributed by atoms with Crippen molar-refractivity contribution in [2.75, 3.05) is 0 Å². The van der Waals surface area contributed by atoms with Crippen LogP contribution in [0.3, 0.4) is 0 Å². The van der Waals surface area contributed by atoms with Crippen molar-refractivity contribution in [1.29, 1.82) is 0 Å². The normalized spacial score (nSPS) is 10.9. The maximum Gasteiger partial charge on any atom is 0.224 e. The highest BCUT2D eigenvalue weighted by molar-refractivity contribution is 9.10. The number of rotatable bonds is 1. The largest absolute Gasteiger partial charge is 0.225 e. The maximum absolute atomic E-state index is 5.80. The van der Waals surface area contributed by atoms with E-state index < -0.39 is 0 Å². The van der Waals surface area contributed by atoms with Crippen molar-refractivity contribution in [3.8, 4) is 5.82 Å². The number of hydrogen-bond acceptors (Lipinski definition) is 3. The lowest BCUT2D eigenvalue weighted by Crippen LogP contribution is -2.01. The first-order chi connectivity index (χ1) is 8.25. The summed E-state index contributed by atoms with van der Waals surface area (Å²) in [5, 5.41) is 5.55. The zero-order valence-corrected chi connectivity index (χ0v) is 10.9. The minimum absolute atomic E-state index is 0.197. The van der Waals surface area contributed by atoms with Gasteiger partial charge in [-0.3, -0.25) is 0 Å². The fourth-order valence-electron chi connectivity index (χ4n) is 1.63. The van der Waals surface area contributed by atoms with Crippen LogP contribution in [0.4, 0.5) is 0 Å². The average molecular weight is 310 g/mol. The monoisotopic (exact) mass is 308 g/mol. The zero-order chi connectivity index (χ0) is 11.8. The van der Waals surface area contributed by atoms with Gasteiger partial charge in [0.1, 0.15) is 0 Å². The molecular formula is C11H6BrClN4. The lowest BCUT2D eigenvalue weighted by atomic mass is 10.2. The molecule has 0 fully saturated rings. The van der Waals surface area contributed by atoms with E-state index >= 15 is 0 Å². The SMILES string of the molecule is Clc1ncc(Br)c(-n2ncc3ccccc32)n1. The molecule has 0 N–H and O–H groups in total. The minimum Gasteiger partial charge on any atom is -0.225 e. The van der Waals surface area contributed by atoms with Gasteiger partial charge in [0.05, 0.1) is 16.2 Å². The second kappa shape index (κ2) is 4.09. The van der Waals surface area contributed by atoms with E-state index in [1.54, 1.807) is 17.1 Å². The van der Waals surface area contributed by atoms with Gasteiger partial charge in [-0.05, 0) is 33.6 Å². The topological polar surface area (TPSA) is 43.6 Å². The van der Waals surface area contributed by atoms with Crippen LogP contribution in [-0.4, -0.2) is 19.7 Å². The van der Waals surface area contributed by atoms with Crippen molar-refractivity contribution < 1.29 is 0 Å². The van der Waals surface area contributed by atoms with Crippen LogP contribution in [-0.2, 0) is 0 Å². The number of aromatic nitrogens is 4. The summed E-state index contributed by atoms with van der Waals surface area (Å²) in [6, 6.07) is 7.90. The molecular weight excluding hydrogens is 304 g/mol. The molecule has 0 amide bonds. The Morgan fingerprint density at radius 2 is 2.00 bits per heavy atom. The van der Waals surface area contributed by atoms with Gasteiger partial charge in [0.25, 0.3) is 0 Å². The molecule has 0 radical (unpaired) electrons. The number of hydrogen-bond donors (Lipinski definition) is 0. The fourth-order valence-corrected chi connectivity index (χ4v) is 2.11. The van der Waals surface area contributed by atoms with Gasteiger partial charge in [0.2, 0.25) is 5.28 Å². The first-order valence-corrected chi connectivity index (χ1v) is 6.04. The van der Waals surface area contributed by atoms with E-state index in [1.165, 1.54) is 0 Å². The Balaban J connectivity index is 2.31. The van der Waals surface area contributed by atoms with Gasteiger partial charge in [-0.2, -0.15) is 10.1 Å². The van der Waals surface area contributed by atoms with Crippen molar-refractivity contribution in [2.24, 2.45) is 0 Å². The highest BCUT2D eigenvalue weighted by Gasteiger charge is 2.10. The van der Waals surface area contributed by atoms with Crippen LogP contribution in [0.15, 0.2) is 41.1 Å². The molecule has 6 heteroatoms. The molecule has 3 rings (SSSR count). The second-order valence-electron chi connectivity index (χ2n) is 3.43. The molecule has 2 heterocycles. The summed E-state index contributed by atoms with van der Waals surface area (Å²) in [6.45, 7) is 0. The van der Waals surface area contributed by atoms with E-state index in [9.17, 15) is 0 Å². The molecule has 17 heavy (non-hydrogen) atoms. The van der Waals surface area contributed by atoms with Crippen LogP contribution in [0, 0.1) is 0 Å². The molecule has 0 aliphatic rings. The Morgan fingerprint density at radius 1 is 1.18 bits per heavy atom. The number of para-hydroxylation sites is 1. The molecule has 0 saturated carbocycles. The van der Waals surface area contributed by atoms with Gasteiger partial charge in [0, 0.05) is 11.6 Å². The van der Waals surface area contributed by atoms with Crippen molar-refractivity contribution in [3.05, 3.63) is 46.4 Å². The first-order valence-electron chi connectivity index (χ1n) is 4.87. The van der Waals surface area contributed by atoms with Gasteiger partial charge in [-0.1, -0.05) is 18.2 Å². The van der Waals surface area contributed by atoms with Crippen LogP contribution in [0.25, 0.3) is 16.7 Å². The van der Waals surface area contributed by atoms with Gasteiger partial charge in [-0.25, -0.2) is 9.67 Å². The number of halogens is 2.